The van der Waals surface area contributed by atoms with Crippen LogP contribution >= 0.6 is 11.6 Å². The van der Waals surface area contributed by atoms with Crippen LogP contribution in [-0.4, -0.2) is 26.7 Å². The Kier molecular flexibility index (Phi) is 4.61. The third kappa shape index (κ3) is 3.62. The summed E-state index contributed by atoms with van der Waals surface area (Å²) >= 11 is 6.20. The number of halogens is 1. The zero-order valence-corrected chi connectivity index (χ0v) is 14.0. The van der Waals surface area contributed by atoms with E-state index < -0.39 is 0 Å². The highest BCUT2D eigenvalue weighted by Gasteiger charge is 2.14. The van der Waals surface area contributed by atoms with Crippen LogP contribution in [0.4, 0.5) is 5.82 Å². The molecule has 0 radical (unpaired) electrons. The number of nitrogens with two attached hydrogens (primary N) is 1. The number of nitrogen functional groups attached to an aromatic ring is 1. The molecular formula is C16H16ClN5O2. The Labute approximate surface area is 143 Å². The van der Waals surface area contributed by atoms with E-state index in [9.17, 15) is 0 Å². The third-order valence-corrected chi connectivity index (χ3v) is 3.35. The van der Waals surface area contributed by atoms with Crippen LogP contribution in [0.5, 0.6) is 5.88 Å². The van der Waals surface area contributed by atoms with E-state index in [-0.39, 0.29) is 0 Å². The summed E-state index contributed by atoms with van der Waals surface area (Å²) in [5.74, 6) is 1.92. The maximum absolute atomic E-state index is 6.20. The van der Waals surface area contributed by atoms with Crippen molar-refractivity contribution >= 4 is 17.4 Å². The van der Waals surface area contributed by atoms with Crippen LogP contribution in [0.3, 0.4) is 0 Å². The molecule has 0 atom stereocenters. The van der Waals surface area contributed by atoms with Crippen LogP contribution in [0.25, 0.3) is 22.8 Å². The number of anilines is 1. The van der Waals surface area contributed by atoms with Gasteiger partial charge in [-0.3, -0.25) is 0 Å². The van der Waals surface area contributed by atoms with Gasteiger partial charge in [-0.1, -0.05) is 30.6 Å². The fourth-order valence-corrected chi connectivity index (χ4v) is 2.11. The van der Waals surface area contributed by atoms with Gasteiger partial charge in [0, 0.05) is 18.0 Å². The van der Waals surface area contributed by atoms with Crippen molar-refractivity contribution in [2.75, 3.05) is 12.3 Å². The van der Waals surface area contributed by atoms with E-state index in [1.54, 1.807) is 30.6 Å². The SMILES string of the molecule is CC(C)COc1ncc(-c2nc(-c3ccc(N)nc3)no2)cc1Cl. The highest BCUT2D eigenvalue weighted by atomic mass is 35.5. The number of hydrogen-bond acceptors (Lipinski definition) is 7. The molecule has 0 aromatic carbocycles. The lowest BCUT2D eigenvalue weighted by Gasteiger charge is -2.09. The fraction of sp³-hybridized carbons (Fsp3) is 0.250. The summed E-state index contributed by atoms with van der Waals surface area (Å²) < 4.78 is 10.8. The molecule has 0 aliphatic heterocycles. The molecule has 0 bridgehead atoms. The molecule has 0 aliphatic carbocycles. The molecular weight excluding hydrogens is 330 g/mol. The summed E-state index contributed by atoms with van der Waals surface area (Å²) in [5, 5.41) is 4.33. The van der Waals surface area contributed by atoms with Gasteiger partial charge in [-0.25, -0.2) is 9.97 Å². The van der Waals surface area contributed by atoms with Crippen LogP contribution < -0.4 is 10.5 Å². The summed E-state index contributed by atoms with van der Waals surface area (Å²) in [6, 6.07) is 5.12. The van der Waals surface area contributed by atoms with Gasteiger partial charge in [-0.2, -0.15) is 4.98 Å². The minimum Gasteiger partial charge on any atom is -0.476 e. The minimum absolute atomic E-state index is 0.312. The predicted octanol–water partition coefficient (Wildman–Crippen LogP) is 3.46. The van der Waals surface area contributed by atoms with Gasteiger partial charge >= 0.3 is 0 Å². The first-order chi connectivity index (χ1) is 11.5. The van der Waals surface area contributed by atoms with Crippen molar-refractivity contribution < 1.29 is 9.26 Å². The average molecular weight is 346 g/mol. The second-order valence-corrected chi connectivity index (χ2v) is 6.02. The normalized spacial score (nSPS) is 11.0. The standard InChI is InChI=1S/C16H16ClN5O2/c1-9(2)8-23-16-12(17)5-11(7-20-16)15-21-14(22-24-15)10-3-4-13(18)19-6-10/h3-7,9H,8H2,1-2H3,(H2,18,19). The Hall–Kier alpha value is -2.67. The fourth-order valence-electron chi connectivity index (χ4n) is 1.89. The molecule has 0 unspecified atom stereocenters. The summed E-state index contributed by atoms with van der Waals surface area (Å²) in [6.45, 7) is 4.64. The summed E-state index contributed by atoms with van der Waals surface area (Å²) in [6.07, 6.45) is 3.16. The lowest BCUT2D eigenvalue weighted by molar-refractivity contribution is 0.261. The van der Waals surface area contributed by atoms with E-state index in [4.69, 9.17) is 26.6 Å². The molecule has 24 heavy (non-hydrogen) atoms. The number of nitrogens with zero attached hydrogens (tertiary/aromatic N) is 4. The molecule has 0 fully saturated rings. The monoisotopic (exact) mass is 345 g/mol. The summed E-state index contributed by atoms with van der Waals surface area (Å²) in [7, 11) is 0. The quantitative estimate of drug-likeness (QED) is 0.755. The number of aromatic nitrogens is 4. The maximum atomic E-state index is 6.20. The van der Waals surface area contributed by atoms with Gasteiger partial charge in [-0.05, 0) is 24.1 Å². The number of ether oxygens (including phenoxy) is 1. The zero-order chi connectivity index (χ0) is 17.1. The molecule has 0 amide bonds. The minimum atomic E-state index is 0.312. The second kappa shape index (κ2) is 6.84. The van der Waals surface area contributed by atoms with Crippen molar-refractivity contribution in [2.24, 2.45) is 5.92 Å². The molecule has 0 saturated carbocycles. The topological polar surface area (TPSA) is 100.0 Å². The summed E-state index contributed by atoms with van der Waals surface area (Å²) in [5.41, 5.74) is 6.88. The number of pyridine rings is 2. The van der Waals surface area contributed by atoms with Gasteiger partial charge in [0.25, 0.3) is 5.89 Å². The number of hydrogen-bond donors (Lipinski definition) is 1. The molecule has 124 valence electrons. The Bertz CT molecular complexity index is 833. The molecule has 3 rings (SSSR count). The highest BCUT2D eigenvalue weighted by molar-refractivity contribution is 6.32. The van der Waals surface area contributed by atoms with Crippen molar-refractivity contribution in [2.45, 2.75) is 13.8 Å². The van der Waals surface area contributed by atoms with E-state index in [0.717, 1.165) is 0 Å². The Balaban J connectivity index is 1.82. The molecule has 2 N–H and O–H groups in total. The second-order valence-electron chi connectivity index (χ2n) is 5.61. The number of rotatable bonds is 5. The van der Waals surface area contributed by atoms with Crippen LogP contribution in [0.15, 0.2) is 35.1 Å². The van der Waals surface area contributed by atoms with Gasteiger partial charge in [0.05, 0.1) is 12.2 Å². The molecule has 0 spiro atoms. The first-order valence-corrected chi connectivity index (χ1v) is 7.75. The molecule has 3 heterocycles. The van der Waals surface area contributed by atoms with Gasteiger partial charge in [0.1, 0.15) is 10.8 Å². The Morgan fingerprint density at radius 2 is 2.00 bits per heavy atom. The van der Waals surface area contributed by atoms with Gasteiger partial charge in [-0.15, -0.1) is 0 Å². The Morgan fingerprint density at radius 1 is 1.21 bits per heavy atom. The van der Waals surface area contributed by atoms with E-state index in [1.807, 2.05) is 13.8 Å². The summed E-state index contributed by atoms with van der Waals surface area (Å²) in [4.78, 5) is 12.5. The van der Waals surface area contributed by atoms with Crippen LogP contribution in [0.1, 0.15) is 13.8 Å². The van der Waals surface area contributed by atoms with E-state index >= 15 is 0 Å². The largest absolute Gasteiger partial charge is 0.476 e. The smallest absolute Gasteiger partial charge is 0.259 e. The molecule has 8 heteroatoms. The third-order valence-electron chi connectivity index (χ3n) is 3.08. The lowest BCUT2D eigenvalue weighted by atomic mass is 10.2. The van der Waals surface area contributed by atoms with Crippen LogP contribution in [0.2, 0.25) is 5.02 Å². The first kappa shape index (κ1) is 16.2. The van der Waals surface area contributed by atoms with Crippen molar-refractivity contribution in [3.8, 4) is 28.7 Å². The van der Waals surface area contributed by atoms with Gasteiger partial charge in [0.2, 0.25) is 11.7 Å². The van der Waals surface area contributed by atoms with Crippen molar-refractivity contribution in [1.82, 2.24) is 20.1 Å². The lowest BCUT2D eigenvalue weighted by Crippen LogP contribution is -2.06. The van der Waals surface area contributed by atoms with Gasteiger partial charge in [0.15, 0.2) is 0 Å². The van der Waals surface area contributed by atoms with Crippen molar-refractivity contribution in [3.63, 3.8) is 0 Å². The predicted molar refractivity (Wildman–Crippen MR) is 90.5 cm³/mol. The van der Waals surface area contributed by atoms with Crippen molar-refractivity contribution in [3.05, 3.63) is 35.6 Å². The van der Waals surface area contributed by atoms with E-state index in [2.05, 4.69) is 20.1 Å². The highest BCUT2D eigenvalue weighted by Crippen LogP contribution is 2.28. The van der Waals surface area contributed by atoms with Crippen LogP contribution in [-0.2, 0) is 0 Å². The molecule has 0 aliphatic rings. The Morgan fingerprint density at radius 3 is 2.67 bits per heavy atom. The zero-order valence-electron chi connectivity index (χ0n) is 13.2. The van der Waals surface area contributed by atoms with E-state index in [0.29, 0.717) is 52.1 Å². The maximum Gasteiger partial charge on any atom is 0.259 e. The molecule has 7 nitrogen and oxygen atoms in total. The molecule has 3 aromatic rings. The van der Waals surface area contributed by atoms with E-state index in [1.165, 1.54) is 0 Å². The van der Waals surface area contributed by atoms with Crippen molar-refractivity contribution in [1.29, 1.82) is 0 Å². The molecule has 3 aromatic heterocycles. The average Bonchev–Trinajstić information content (AvgIpc) is 3.04. The first-order valence-electron chi connectivity index (χ1n) is 7.37. The van der Waals surface area contributed by atoms with Crippen LogP contribution in [0, 0.1) is 5.92 Å². The van der Waals surface area contributed by atoms with Gasteiger partial charge < -0.3 is 15.0 Å². The molecule has 0 saturated heterocycles.